The molecule has 0 aromatic heterocycles. The Labute approximate surface area is 79.1 Å². The monoisotopic (exact) mass is 316 g/mol. The third kappa shape index (κ3) is 1160. The fourth-order valence-electron chi connectivity index (χ4n) is 0. The summed E-state index contributed by atoms with van der Waals surface area (Å²) in [5, 5.41) is 0. The van der Waals surface area contributed by atoms with Crippen LogP contribution in [0.4, 0.5) is 0 Å². The Morgan fingerprint density at radius 2 is 0.700 bits per heavy atom. The first-order valence-electron chi connectivity index (χ1n) is 2.45. The molecule has 0 N–H and O–H groups in total. The summed E-state index contributed by atoms with van der Waals surface area (Å²) in [6, 6.07) is 0. The van der Waals surface area contributed by atoms with Crippen LogP contribution in [0.2, 0.25) is 0 Å². The summed E-state index contributed by atoms with van der Waals surface area (Å²) in [5.74, 6) is 0. The van der Waals surface area contributed by atoms with E-state index >= 15 is 0 Å². The van der Waals surface area contributed by atoms with Crippen LogP contribution in [0.5, 0.6) is 0 Å². The van der Waals surface area contributed by atoms with E-state index in [0.29, 0.717) is 0 Å². The second-order valence-electron chi connectivity index (χ2n) is 0.866. The van der Waals surface area contributed by atoms with Gasteiger partial charge in [0.25, 0.3) is 0 Å². The second kappa shape index (κ2) is 77.2. The molecule has 0 spiro atoms. The molecule has 1 heteroatoms. The van der Waals surface area contributed by atoms with Crippen LogP contribution in [-0.2, 0) is 20.1 Å². The summed E-state index contributed by atoms with van der Waals surface area (Å²) >= 11 is 0. The maximum Gasteiger partial charge on any atom is 3.00 e. The van der Waals surface area contributed by atoms with E-state index in [4.69, 9.17) is 0 Å². The first kappa shape index (κ1) is 22.7. The normalized spacial score (nSPS) is 3.60. The second-order valence-corrected chi connectivity index (χ2v) is 0.866. The van der Waals surface area contributed by atoms with Gasteiger partial charge in [0.2, 0.25) is 0 Å². The third-order valence-corrected chi connectivity index (χ3v) is 0. The Balaban J connectivity index is -0.0000000257. The zero-order chi connectivity index (χ0) is 8.12. The van der Waals surface area contributed by atoms with Gasteiger partial charge in [-0.25, -0.2) is 58.7 Å². The molecule has 0 unspecified atom stereocenters. The van der Waals surface area contributed by atoms with Gasteiger partial charge >= 0.3 is 20.1 Å². The van der Waals surface area contributed by atoms with Gasteiger partial charge < -0.3 is 0 Å². The minimum Gasteiger partial charge on any atom is -0.245 e. The summed E-state index contributed by atoms with van der Waals surface area (Å²) in [7, 11) is 0. The number of hydrogen-bond donors (Lipinski definition) is 0. The van der Waals surface area contributed by atoms with Crippen molar-refractivity contribution in [1.82, 2.24) is 0 Å². The van der Waals surface area contributed by atoms with Gasteiger partial charge in [0.1, 0.15) is 0 Å². The Kier molecular flexibility index (Phi) is 175. The summed E-state index contributed by atoms with van der Waals surface area (Å²) in [6.45, 7) is 19.5. The quantitative estimate of drug-likeness (QED) is 0.603. The van der Waals surface area contributed by atoms with Crippen LogP contribution in [0.15, 0.2) is 38.0 Å². The molecular formula is C9H15Ir. The van der Waals surface area contributed by atoms with E-state index in [1.807, 2.05) is 0 Å². The Morgan fingerprint density at radius 3 is 0.700 bits per heavy atom. The maximum atomic E-state index is 3.25. The van der Waals surface area contributed by atoms with E-state index in [0.717, 1.165) is 0 Å². The van der Waals surface area contributed by atoms with E-state index in [-0.39, 0.29) is 20.1 Å². The summed E-state index contributed by atoms with van der Waals surface area (Å²) < 4.78 is 0. The predicted molar refractivity (Wildman–Crippen MR) is 46.7 cm³/mol. The molecule has 10 heavy (non-hydrogen) atoms. The van der Waals surface area contributed by atoms with Crippen molar-refractivity contribution in [3.63, 3.8) is 0 Å². The van der Waals surface area contributed by atoms with Crippen LogP contribution in [0, 0.1) is 20.8 Å². The van der Waals surface area contributed by atoms with Crippen LogP contribution < -0.4 is 0 Å². The van der Waals surface area contributed by atoms with Crippen molar-refractivity contribution in [1.29, 1.82) is 0 Å². The fraction of sp³-hybridized carbons (Fsp3) is 0. The van der Waals surface area contributed by atoms with Crippen molar-refractivity contribution in [2.75, 3.05) is 0 Å². The molecule has 0 aliphatic heterocycles. The van der Waals surface area contributed by atoms with Crippen molar-refractivity contribution in [3.05, 3.63) is 58.7 Å². The molecule has 0 fully saturated rings. The average molecular weight is 315 g/mol. The van der Waals surface area contributed by atoms with Gasteiger partial charge in [-0.2, -0.15) is 0 Å². The molecule has 0 atom stereocenters. The van der Waals surface area contributed by atoms with Gasteiger partial charge in [0.15, 0.2) is 0 Å². The zero-order valence-electron chi connectivity index (χ0n) is 6.31. The standard InChI is InChI=1S/3C3H5.Ir/c3*1-3-2;/h3*3H,1-2H2;/q3*-1;+3. The first-order chi connectivity index (χ1) is 4.24. The largest absolute Gasteiger partial charge is 3.00 e. The van der Waals surface area contributed by atoms with E-state index < -0.39 is 0 Å². The van der Waals surface area contributed by atoms with E-state index in [2.05, 4.69) is 40.5 Å². The summed E-state index contributed by atoms with van der Waals surface area (Å²) in [6.07, 6.45) is 4.50. The maximum absolute atomic E-state index is 3.25. The number of rotatable bonds is 0. The summed E-state index contributed by atoms with van der Waals surface area (Å²) in [5.41, 5.74) is 0. The zero-order valence-corrected chi connectivity index (χ0v) is 8.70. The molecule has 0 amide bonds. The molecule has 0 saturated heterocycles. The Hall–Kier alpha value is -0.521. The summed E-state index contributed by atoms with van der Waals surface area (Å²) in [4.78, 5) is 0. The molecule has 0 aliphatic carbocycles. The molecule has 0 aromatic rings. The van der Waals surface area contributed by atoms with Crippen molar-refractivity contribution in [2.45, 2.75) is 0 Å². The first-order valence-corrected chi connectivity index (χ1v) is 2.45. The van der Waals surface area contributed by atoms with Gasteiger partial charge in [-0.1, -0.05) is 0 Å². The molecule has 0 bridgehead atoms. The van der Waals surface area contributed by atoms with Crippen molar-refractivity contribution < 1.29 is 20.1 Å². The SMILES string of the molecule is C=C[CH2-].C=C[CH2-].C=C[CH2-].[Ir+3]. The molecule has 60 valence electrons. The van der Waals surface area contributed by atoms with Crippen LogP contribution in [0.3, 0.4) is 0 Å². The third-order valence-electron chi connectivity index (χ3n) is 0. The molecule has 0 aromatic carbocycles. The number of hydrogen-bond acceptors (Lipinski definition) is 0. The molecule has 0 heterocycles. The Bertz CT molecular complexity index is 41.5. The van der Waals surface area contributed by atoms with Gasteiger partial charge in [-0.3, -0.25) is 0 Å². The molecule has 0 rings (SSSR count). The van der Waals surface area contributed by atoms with Crippen molar-refractivity contribution in [3.8, 4) is 0 Å². The molecule has 0 radical (unpaired) electrons. The van der Waals surface area contributed by atoms with E-state index in [1.54, 1.807) is 0 Å². The van der Waals surface area contributed by atoms with Crippen LogP contribution in [-0.4, -0.2) is 0 Å². The molecular weight excluding hydrogens is 300 g/mol. The van der Waals surface area contributed by atoms with Gasteiger partial charge in [0, 0.05) is 0 Å². The van der Waals surface area contributed by atoms with E-state index in [9.17, 15) is 0 Å². The molecule has 0 aliphatic rings. The van der Waals surface area contributed by atoms with Crippen molar-refractivity contribution in [2.24, 2.45) is 0 Å². The van der Waals surface area contributed by atoms with Crippen molar-refractivity contribution >= 4 is 0 Å². The smallest absolute Gasteiger partial charge is 0.245 e. The van der Waals surface area contributed by atoms with Crippen LogP contribution in [0.25, 0.3) is 0 Å². The molecule has 0 nitrogen and oxygen atoms in total. The van der Waals surface area contributed by atoms with Crippen LogP contribution in [0.1, 0.15) is 0 Å². The van der Waals surface area contributed by atoms with Crippen LogP contribution >= 0.6 is 0 Å². The predicted octanol–water partition coefficient (Wildman–Crippen LogP) is 3.02. The van der Waals surface area contributed by atoms with Gasteiger partial charge in [-0.05, 0) is 0 Å². The van der Waals surface area contributed by atoms with Gasteiger partial charge in [0.05, 0.1) is 0 Å². The van der Waals surface area contributed by atoms with E-state index in [1.165, 1.54) is 18.2 Å². The van der Waals surface area contributed by atoms with Gasteiger partial charge in [-0.15, -0.1) is 0 Å². The number of allylic oxidation sites excluding steroid dienone is 3. The molecule has 0 saturated carbocycles. The minimum absolute atomic E-state index is 0. The fourth-order valence-corrected chi connectivity index (χ4v) is 0. The minimum atomic E-state index is 0. The average Bonchev–Trinajstić information content (AvgIpc) is 1.70. The topological polar surface area (TPSA) is 0 Å². The Morgan fingerprint density at radius 1 is 0.700 bits per heavy atom.